The third-order valence-electron chi connectivity index (χ3n) is 5.70. The fraction of sp³-hybridized carbons (Fsp3) is 0.632. The van der Waals surface area contributed by atoms with Gasteiger partial charge in [0.05, 0.1) is 6.61 Å². The number of carbonyl (C=O) groups excluding carboxylic acids is 1. The monoisotopic (exact) mass is 314 g/mol. The summed E-state index contributed by atoms with van der Waals surface area (Å²) in [5, 5.41) is 6.52. The Morgan fingerprint density at radius 1 is 1.26 bits per heavy atom. The number of carbonyl (C=O) groups is 1. The molecule has 3 fully saturated rings. The van der Waals surface area contributed by atoms with Crippen LogP contribution in [0.3, 0.4) is 0 Å². The number of rotatable bonds is 6. The van der Waals surface area contributed by atoms with Crippen LogP contribution in [0.4, 0.5) is 0 Å². The lowest BCUT2D eigenvalue weighted by atomic mass is 9.92. The molecule has 0 aromatic heterocycles. The van der Waals surface area contributed by atoms with Gasteiger partial charge in [-0.05, 0) is 62.6 Å². The Labute approximate surface area is 138 Å². The number of para-hydroxylation sites is 1. The van der Waals surface area contributed by atoms with Gasteiger partial charge in [-0.3, -0.25) is 4.79 Å². The van der Waals surface area contributed by atoms with Gasteiger partial charge in [-0.25, -0.2) is 0 Å². The van der Waals surface area contributed by atoms with Gasteiger partial charge in [-0.1, -0.05) is 18.2 Å². The van der Waals surface area contributed by atoms with Crippen molar-refractivity contribution in [2.75, 3.05) is 19.7 Å². The molecular weight excluding hydrogens is 288 g/mol. The van der Waals surface area contributed by atoms with Crippen LogP contribution >= 0.6 is 0 Å². The minimum Gasteiger partial charge on any atom is -0.493 e. The molecule has 124 valence electrons. The van der Waals surface area contributed by atoms with Gasteiger partial charge in [0, 0.05) is 18.0 Å². The first-order valence-electron chi connectivity index (χ1n) is 8.96. The van der Waals surface area contributed by atoms with Crippen molar-refractivity contribution in [3.05, 3.63) is 29.8 Å². The lowest BCUT2D eigenvalue weighted by Gasteiger charge is -2.23. The van der Waals surface area contributed by atoms with Crippen LogP contribution in [-0.4, -0.2) is 25.6 Å². The molecule has 1 unspecified atom stereocenters. The maximum absolute atomic E-state index is 12.5. The zero-order valence-electron chi connectivity index (χ0n) is 13.6. The second-order valence-corrected chi connectivity index (χ2v) is 7.45. The van der Waals surface area contributed by atoms with E-state index in [1.165, 1.54) is 12.8 Å². The third kappa shape index (κ3) is 3.37. The number of piperidine rings is 1. The van der Waals surface area contributed by atoms with Gasteiger partial charge in [0.15, 0.2) is 0 Å². The first-order valence-corrected chi connectivity index (χ1v) is 8.96. The van der Waals surface area contributed by atoms with E-state index in [-0.39, 0.29) is 11.8 Å². The lowest BCUT2D eigenvalue weighted by molar-refractivity contribution is -0.123. The second kappa shape index (κ2) is 6.16. The van der Waals surface area contributed by atoms with Gasteiger partial charge in [0.2, 0.25) is 5.91 Å². The van der Waals surface area contributed by atoms with E-state index in [1.807, 2.05) is 18.2 Å². The molecule has 4 heteroatoms. The smallest absolute Gasteiger partial charge is 0.223 e. The van der Waals surface area contributed by atoms with Crippen LogP contribution in [0.15, 0.2) is 24.3 Å². The van der Waals surface area contributed by atoms with Gasteiger partial charge in [0.1, 0.15) is 5.75 Å². The van der Waals surface area contributed by atoms with Crippen LogP contribution in [-0.2, 0) is 11.3 Å². The Morgan fingerprint density at radius 2 is 2.04 bits per heavy atom. The predicted molar refractivity (Wildman–Crippen MR) is 89.2 cm³/mol. The van der Waals surface area contributed by atoms with Gasteiger partial charge in [0.25, 0.3) is 0 Å². The molecule has 2 N–H and O–H groups in total. The minimum absolute atomic E-state index is 0.226. The van der Waals surface area contributed by atoms with E-state index in [4.69, 9.17) is 4.74 Å². The first-order chi connectivity index (χ1) is 11.3. The molecule has 4 nitrogen and oxygen atoms in total. The van der Waals surface area contributed by atoms with E-state index in [9.17, 15) is 4.79 Å². The highest BCUT2D eigenvalue weighted by molar-refractivity contribution is 5.82. The quantitative estimate of drug-likeness (QED) is 0.848. The summed E-state index contributed by atoms with van der Waals surface area (Å²) in [6.45, 7) is 3.50. The normalized spacial score (nSPS) is 25.1. The molecule has 1 aliphatic heterocycles. The predicted octanol–water partition coefficient (Wildman–Crippen LogP) is 2.48. The Bertz CT molecular complexity index is 576. The summed E-state index contributed by atoms with van der Waals surface area (Å²) >= 11 is 0. The Balaban J connectivity index is 1.31. The average molecular weight is 314 g/mol. The highest BCUT2D eigenvalue weighted by Crippen LogP contribution is 2.58. The zero-order chi connectivity index (χ0) is 15.7. The molecule has 23 heavy (non-hydrogen) atoms. The number of hydrogen-bond donors (Lipinski definition) is 2. The summed E-state index contributed by atoms with van der Waals surface area (Å²) in [6, 6.07) is 8.07. The lowest BCUT2D eigenvalue weighted by Crippen LogP contribution is -2.33. The second-order valence-electron chi connectivity index (χ2n) is 7.45. The largest absolute Gasteiger partial charge is 0.493 e. The summed E-state index contributed by atoms with van der Waals surface area (Å²) in [4.78, 5) is 12.5. The van der Waals surface area contributed by atoms with Crippen LogP contribution in [0.25, 0.3) is 0 Å². The van der Waals surface area contributed by atoms with Crippen molar-refractivity contribution in [3.63, 3.8) is 0 Å². The van der Waals surface area contributed by atoms with Crippen molar-refractivity contribution >= 4 is 5.91 Å². The molecule has 1 aromatic rings. The van der Waals surface area contributed by atoms with E-state index >= 15 is 0 Å². The molecule has 1 spiro atoms. The fourth-order valence-electron chi connectivity index (χ4n) is 3.78. The SMILES string of the molecule is O=C(NCc1ccccc1OCC1CC1)C1CC12CCNCC2. The van der Waals surface area contributed by atoms with Crippen molar-refractivity contribution in [3.8, 4) is 5.75 Å². The Kier molecular flexibility index (Phi) is 4.02. The third-order valence-corrected chi connectivity index (χ3v) is 5.70. The highest BCUT2D eigenvalue weighted by Gasteiger charge is 2.57. The van der Waals surface area contributed by atoms with Crippen LogP contribution < -0.4 is 15.4 Å². The molecule has 3 aliphatic rings. The van der Waals surface area contributed by atoms with E-state index in [1.54, 1.807) is 0 Å². The molecule has 4 rings (SSSR count). The van der Waals surface area contributed by atoms with Gasteiger partial charge in [-0.15, -0.1) is 0 Å². The van der Waals surface area contributed by atoms with Crippen molar-refractivity contribution in [2.45, 2.75) is 38.6 Å². The van der Waals surface area contributed by atoms with E-state index < -0.39 is 0 Å². The van der Waals surface area contributed by atoms with Gasteiger partial charge >= 0.3 is 0 Å². The van der Waals surface area contributed by atoms with Crippen molar-refractivity contribution in [1.29, 1.82) is 0 Å². The van der Waals surface area contributed by atoms with E-state index in [0.717, 1.165) is 56.2 Å². The van der Waals surface area contributed by atoms with Crippen LogP contribution in [0, 0.1) is 17.3 Å². The number of benzene rings is 1. The average Bonchev–Trinajstić information content (AvgIpc) is 3.50. The summed E-state index contributed by atoms with van der Waals surface area (Å²) in [5.41, 5.74) is 1.39. The van der Waals surface area contributed by atoms with Crippen molar-refractivity contribution < 1.29 is 9.53 Å². The van der Waals surface area contributed by atoms with Gasteiger partial charge in [-0.2, -0.15) is 0 Å². The van der Waals surface area contributed by atoms with Crippen LogP contribution in [0.1, 0.15) is 37.7 Å². The minimum atomic E-state index is 0.226. The Morgan fingerprint density at radius 3 is 2.83 bits per heavy atom. The maximum Gasteiger partial charge on any atom is 0.223 e. The standard InChI is InChI=1S/C19H26N2O2/c22-18(16-11-19(16)7-9-20-10-8-19)21-12-15-3-1-2-4-17(15)23-13-14-5-6-14/h1-4,14,16,20H,5-13H2,(H,21,22). The molecule has 2 saturated carbocycles. The van der Waals surface area contributed by atoms with Gasteiger partial charge < -0.3 is 15.4 Å². The van der Waals surface area contributed by atoms with E-state index in [0.29, 0.717) is 12.0 Å². The summed E-state index contributed by atoms with van der Waals surface area (Å²) in [5.74, 6) is 2.11. The molecule has 2 aliphatic carbocycles. The van der Waals surface area contributed by atoms with Crippen LogP contribution in [0.5, 0.6) is 5.75 Å². The fourth-order valence-corrected chi connectivity index (χ4v) is 3.78. The Hall–Kier alpha value is -1.55. The zero-order valence-corrected chi connectivity index (χ0v) is 13.6. The topological polar surface area (TPSA) is 50.4 Å². The molecule has 1 saturated heterocycles. The number of hydrogen-bond acceptors (Lipinski definition) is 3. The molecule has 1 amide bonds. The number of nitrogens with one attached hydrogen (secondary N) is 2. The van der Waals surface area contributed by atoms with E-state index in [2.05, 4.69) is 16.7 Å². The van der Waals surface area contributed by atoms with Crippen molar-refractivity contribution in [1.82, 2.24) is 10.6 Å². The first kappa shape index (κ1) is 15.0. The molecular formula is C19H26N2O2. The summed E-state index contributed by atoms with van der Waals surface area (Å²) in [6.07, 6.45) is 5.94. The molecule has 1 heterocycles. The molecule has 0 bridgehead atoms. The molecule has 0 radical (unpaired) electrons. The van der Waals surface area contributed by atoms with Crippen molar-refractivity contribution in [2.24, 2.45) is 17.3 Å². The number of amides is 1. The molecule has 1 aromatic carbocycles. The maximum atomic E-state index is 12.5. The highest BCUT2D eigenvalue weighted by atomic mass is 16.5. The van der Waals surface area contributed by atoms with Crippen LogP contribution in [0.2, 0.25) is 0 Å². The summed E-state index contributed by atoms with van der Waals surface area (Å²) in [7, 11) is 0. The number of ether oxygens (including phenoxy) is 1. The summed E-state index contributed by atoms with van der Waals surface area (Å²) < 4.78 is 5.92. The molecule has 1 atom stereocenters.